The fourth-order valence-corrected chi connectivity index (χ4v) is 2.36. The standard InChI is InChI=1S/C12H15ClFNO/c13-9-5-8(6-10(14)7-9)12(16)11-3-1-2-4-15-11/h5-7,11-12,15-16H,1-4H2/t11-,12?/m0/s1. The minimum absolute atomic E-state index is 0.00613. The molecule has 0 bridgehead atoms. The van der Waals surface area contributed by atoms with Crippen molar-refractivity contribution >= 4 is 11.6 Å². The third-order valence-electron chi connectivity index (χ3n) is 2.96. The van der Waals surface area contributed by atoms with Gasteiger partial charge < -0.3 is 10.4 Å². The summed E-state index contributed by atoms with van der Waals surface area (Å²) in [5.74, 6) is -0.405. The van der Waals surface area contributed by atoms with Crippen molar-refractivity contribution < 1.29 is 9.50 Å². The van der Waals surface area contributed by atoms with Crippen molar-refractivity contribution in [1.82, 2.24) is 5.32 Å². The lowest BCUT2D eigenvalue weighted by molar-refractivity contribution is 0.113. The molecule has 1 aliphatic heterocycles. The van der Waals surface area contributed by atoms with E-state index < -0.39 is 11.9 Å². The van der Waals surface area contributed by atoms with Gasteiger partial charge in [-0.15, -0.1) is 0 Å². The molecule has 0 aliphatic carbocycles. The van der Waals surface area contributed by atoms with Gasteiger partial charge >= 0.3 is 0 Å². The zero-order valence-electron chi connectivity index (χ0n) is 8.92. The van der Waals surface area contributed by atoms with Crippen molar-refractivity contribution in [2.45, 2.75) is 31.4 Å². The largest absolute Gasteiger partial charge is 0.387 e. The molecule has 2 N–H and O–H groups in total. The number of nitrogens with one attached hydrogen (secondary N) is 1. The van der Waals surface area contributed by atoms with Gasteiger partial charge in [0.1, 0.15) is 5.82 Å². The van der Waals surface area contributed by atoms with E-state index in [-0.39, 0.29) is 6.04 Å². The molecule has 2 atom stereocenters. The summed E-state index contributed by atoms with van der Waals surface area (Å²) in [6.07, 6.45) is 2.45. The van der Waals surface area contributed by atoms with Gasteiger partial charge in [-0.1, -0.05) is 18.0 Å². The molecule has 0 aromatic heterocycles. The first-order valence-electron chi connectivity index (χ1n) is 5.54. The minimum atomic E-state index is -0.687. The highest BCUT2D eigenvalue weighted by atomic mass is 35.5. The van der Waals surface area contributed by atoms with E-state index in [0.717, 1.165) is 25.8 Å². The molecule has 0 saturated carbocycles. The second kappa shape index (κ2) is 5.13. The summed E-state index contributed by atoms with van der Waals surface area (Å²) in [5, 5.41) is 13.7. The van der Waals surface area contributed by atoms with E-state index in [1.54, 1.807) is 6.07 Å². The predicted octanol–water partition coefficient (Wildman–Crippen LogP) is 2.65. The van der Waals surface area contributed by atoms with Crippen LogP contribution in [0.4, 0.5) is 4.39 Å². The Hall–Kier alpha value is -0.640. The van der Waals surface area contributed by atoms with Gasteiger partial charge in [0, 0.05) is 11.1 Å². The normalized spacial score (nSPS) is 23.1. The molecule has 2 rings (SSSR count). The molecule has 1 fully saturated rings. The molecular weight excluding hydrogens is 229 g/mol. The Morgan fingerprint density at radius 1 is 1.38 bits per heavy atom. The lowest BCUT2D eigenvalue weighted by atomic mass is 9.95. The van der Waals surface area contributed by atoms with Crippen LogP contribution < -0.4 is 5.32 Å². The predicted molar refractivity (Wildman–Crippen MR) is 62.0 cm³/mol. The van der Waals surface area contributed by atoms with E-state index >= 15 is 0 Å². The van der Waals surface area contributed by atoms with Crippen LogP contribution in [0.25, 0.3) is 0 Å². The topological polar surface area (TPSA) is 32.3 Å². The summed E-state index contributed by atoms with van der Waals surface area (Å²) in [5.41, 5.74) is 0.546. The number of aliphatic hydroxyl groups excluding tert-OH is 1. The molecule has 88 valence electrons. The summed E-state index contributed by atoms with van der Waals surface area (Å²) in [6, 6.07) is 4.21. The van der Waals surface area contributed by atoms with Gasteiger partial charge in [-0.2, -0.15) is 0 Å². The van der Waals surface area contributed by atoms with Crippen molar-refractivity contribution in [2.75, 3.05) is 6.54 Å². The van der Waals surface area contributed by atoms with Gasteiger partial charge in [-0.3, -0.25) is 0 Å². The first-order chi connectivity index (χ1) is 7.66. The Kier molecular flexibility index (Phi) is 3.79. The number of aliphatic hydroxyl groups is 1. The van der Waals surface area contributed by atoms with Crippen LogP contribution in [0.5, 0.6) is 0 Å². The number of hydrogen-bond donors (Lipinski definition) is 2. The third-order valence-corrected chi connectivity index (χ3v) is 3.17. The zero-order valence-corrected chi connectivity index (χ0v) is 9.67. The molecule has 0 radical (unpaired) electrons. The second-order valence-electron chi connectivity index (χ2n) is 4.20. The van der Waals surface area contributed by atoms with Crippen molar-refractivity contribution in [3.05, 3.63) is 34.6 Å². The maximum absolute atomic E-state index is 13.1. The molecule has 1 saturated heterocycles. The molecule has 4 heteroatoms. The monoisotopic (exact) mass is 243 g/mol. The fourth-order valence-electron chi connectivity index (χ4n) is 2.13. The van der Waals surface area contributed by atoms with Crippen LogP contribution >= 0.6 is 11.6 Å². The lowest BCUT2D eigenvalue weighted by Crippen LogP contribution is -2.38. The van der Waals surface area contributed by atoms with Crippen LogP contribution in [0.15, 0.2) is 18.2 Å². The summed E-state index contributed by atoms with van der Waals surface area (Å²) >= 11 is 5.76. The van der Waals surface area contributed by atoms with Crippen molar-refractivity contribution in [3.8, 4) is 0 Å². The molecule has 1 unspecified atom stereocenters. The second-order valence-corrected chi connectivity index (χ2v) is 4.64. The Labute approximate surface area is 99.4 Å². The highest BCUT2D eigenvalue weighted by molar-refractivity contribution is 6.30. The zero-order chi connectivity index (χ0) is 11.5. The number of halogens is 2. The van der Waals surface area contributed by atoms with E-state index in [1.165, 1.54) is 12.1 Å². The average molecular weight is 244 g/mol. The Bertz CT molecular complexity index is 346. The maximum atomic E-state index is 13.1. The Morgan fingerprint density at radius 2 is 2.19 bits per heavy atom. The van der Waals surface area contributed by atoms with Gasteiger partial charge in [0.25, 0.3) is 0 Å². The molecule has 1 heterocycles. The smallest absolute Gasteiger partial charge is 0.125 e. The number of hydrogen-bond acceptors (Lipinski definition) is 2. The molecule has 1 aromatic carbocycles. The number of benzene rings is 1. The van der Waals surface area contributed by atoms with E-state index in [2.05, 4.69) is 5.32 Å². The summed E-state index contributed by atoms with van der Waals surface area (Å²) in [6.45, 7) is 0.908. The lowest BCUT2D eigenvalue weighted by Gasteiger charge is -2.28. The highest BCUT2D eigenvalue weighted by Crippen LogP contribution is 2.25. The van der Waals surface area contributed by atoms with Gasteiger partial charge in [0.05, 0.1) is 6.10 Å². The highest BCUT2D eigenvalue weighted by Gasteiger charge is 2.23. The van der Waals surface area contributed by atoms with Crippen LogP contribution in [0.1, 0.15) is 30.9 Å². The van der Waals surface area contributed by atoms with E-state index in [1.807, 2.05) is 0 Å². The van der Waals surface area contributed by atoms with Crippen molar-refractivity contribution in [3.63, 3.8) is 0 Å². The molecular formula is C12H15ClFNO. The van der Waals surface area contributed by atoms with E-state index in [9.17, 15) is 9.50 Å². The van der Waals surface area contributed by atoms with Gasteiger partial charge in [0.15, 0.2) is 0 Å². The molecule has 2 nitrogen and oxygen atoms in total. The number of piperidine rings is 1. The fraction of sp³-hybridized carbons (Fsp3) is 0.500. The maximum Gasteiger partial charge on any atom is 0.125 e. The molecule has 16 heavy (non-hydrogen) atoms. The van der Waals surface area contributed by atoms with Crippen molar-refractivity contribution in [2.24, 2.45) is 0 Å². The van der Waals surface area contributed by atoms with Gasteiger partial charge in [0.2, 0.25) is 0 Å². The molecule has 0 spiro atoms. The van der Waals surface area contributed by atoms with Gasteiger partial charge in [-0.05, 0) is 43.1 Å². The van der Waals surface area contributed by atoms with Gasteiger partial charge in [-0.25, -0.2) is 4.39 Å². The molecule has 1 aliphatic rings. The average Bonchev–Trinajstić information content (AvgIpc) is 2.28. The van der Waals surface area contributed by atoms with Crippen LogP contribution in [-0.2, 0) is 0 Å². The minimum Gasteiger partial charge on any atom is -0.387 e. The van der Waals surface area contributed by atoms with E-state index in [4.69, 9.17) is 11.6 Å². The summed E-state index contributed by atoms with van der Waals surface area (Å²) in [7, 11) is 0. The Morgan fingerprint density at radius 3 is 2.81 bits per heavy atom. The SMILES string of the molecule is OC(c1cc(F)cc(Cl)c1)[C@@H]1CCCCN1. The van der Waals surface area contributed by atoms with Crippen LogP contribution in [0.2, 0.25) is 5.02 Å². The Balaban J connectivity index is 2.15. The third kappa shape index (κ3) is 2.73. The first kappa shape index (κ1) is 11.8. The van der Waals surface area contributed by atoms with Crippen LogP contribution in [-0.4, -0.2) is 17.7 Å². The first-order valence-corrected chi connectivity index (χ1v) is 5.92. The number of rotatable bonds is 2. The quantitative estimate of drug-likeness (QED) is 0.837. The molecule has 0 amide bonds. The van der Waals surface area contributed by atoms with Crippen LogP contribution in [0.3, 0.4) is 0 Å². The van der Waals surface area contributed by atoms with Crippen LogP contribution in [0, 0.1) is 5.82 Å². The summed E-state index contributed by atoms with van der Waals surface area (Å²) < 4.78 is 13.1. The van der Waals surface area contributed by atoms with E-state index in [0.29, 0.717) is 10.6 Å². The molecule has 1 aromatic rings. The summed E-state index contributed by atoms with van der Waals surface area (Å²) in [4.78, 5) is 0. The van der Waals surface area contributed by atoms with Crippen molar-refractivity contribution in [1.29, 1.82) is 0 Å².